The van der Waals surface area contributed by atoms with Gasteiger partial charge in [0.1, 0.15) is 0 Å². The molecule has 3 rings (SSSR count). The fourth-order valence-corrected chi connectivity index (χ4v) is 4.60. The van der Waals surface area contributed by atoms with Crippen LogP contribution in [0.25, 0.3) is 0 Å². The van der Waals surface area contributed by atoms with Gasteiger partial charge in [0, 0.05) is 18.0 Å². The average molecular weight is 329 g/mol. The Labute approximate surface area is 137 Å². The summed E-state index contributed by atoms with van der Waals surface area (Å²) in [5, 5.41) is 5.40. The molecule has 1 atom stereocenters. The average Bonchev–Trinajstić information content (AvgIpc) is 2.96. The quantitative estimate of drug-likeness (QED) is 0.925. The monoisotopic (exact) mass is 328 g/mol. The van der Waals surface area contributed by atoms with E-state index in [9.17, 15) is 4.79 Å². The first-order valence-corrected chi connectivity index (χ1v) is 8.67. The van der Waals surface area contributed by atoms with Crippen molar-refractivity contribution in [2.75, 3.05) is 26.7 Å². The zero-order chi connectivity index (χ0) is 13.9. The van der Waals surface area contributed by atoms with Gasteiger partial charge in [-0.2, -0.15) is 0 Å². The molecule has 1 saturated heterocycles. The Bertz CT molecular complexity index is 469. The van der Waals surface area contributed by atoms with Gasteiger partial charge < -0.3 is 10.2 Å². The molecular formula is C16H25ClN2OS. The first-order chi connectivity index (χ1) is 9.79. The number of rotatable bonds is 3. The Kier molecular flexibility index (Phi) is 6.08. The van der Waals surface area contributed by atoms with E-state index in [2.05, 4.69) is 21.7 Å². The first kappa shape index (κ1) is 16.8. The van der Waals surface area contributed by atoms with Crippen LogP contribution in [0, 0.1) is 5.92 Å². The number of amides is 1. The third-order valence-corrected chi connectivity index (χ3v) is 5.77. The van der Waals surface area contributed by atoms with Crippen LogP contribution in [0.5, 0.6) is 0 Å². The number of fused-ring (bicyclic) bond motifs is 1. The molecule has 1 fully saturated rings. The van der Waals surface area contributed by atoms with Crippen molar-refractivity contribution >= 4 is 29.7 Å². The third-order valence-electron chi connectivity index (χ3n) is 4.77. The molecule has 1 unspecified atom stereocenters. The number of nitrogens with zero attached hydrogens (tertiary/aromatic N) is 1. The smallest absolute Gasteiger partial charge is 0.230 e. The summed E-state index contributed by atoms with van der Waals surface area (Å²) >= 11 is 1.82. The number of hydrogen-bond donors (Lipinski definition) is 1. The van der Waals surface area contributed by atoms with Crippen molar-refractivity contribution < 1.29 is 4.79 Å². The highest BCUT2D eigenvalue weighted by molar-refractivity contribution is 7.10. The Balaban J connectivity index is 0.00000161. The minimum Gasteiger partial charge on any atom is -0.342 e. The van der Waals surface area contributed by atoms with Gasteiger partial charge in [-0.1, -0.05) is 0 Å². The molecule has 0 bridgehead atoms. The summed E-state index contributed by atoms with van der Waals surface area (Å²) in [5.74, 6) is 1.27. The van der Waals surface area contributed by atoms with Crippen LogP contribution >= 0.6 is 23.7 Å². The van der Waals surface area contributed by atoms with Gasteiger partial charge in [0.05, 0.1) is 5.92 Å². The molecule has 118 valence electrons. The highest BCUT2D eigenvalue weighted by Crippen LogP contribution is 2.36. The second kappa shape index (κ2) is 7.61. The summed E-state index contributed by atoms with van der Waals surface area (Å²) < 4.78 is 0. The maximum absolute atomic E-state index is 12.8. The zero-order valence-corrected chi connectivity index (χ0v) is 14.3. The summed E-state index contributed by atoms with van der Waals surface area (Å²) in [5.41, 5.74) is 1.32. The lowest BCUT2D eigenvalue weighted by atomic mass is 9.86. The number of carbonyl (C=O) groups excluding carboxylic acids is 1. The largest absolute Gasteiger partial charge is 0.342 e. The van der Waals surface area contributed by atoms with E-state index in [4.69, 9.17) is 0 Å². The molecule has 0 spiro atoms. The maximum Gasteiger partial charge on any atom is 0.230 e. The second-order valence-electron chi connectivity index (χ2n) is 6.07. The number of hydrogen-bond acceptors (Lipinski definition) is 3. The Morgan fingerprint density at radius 1 is 1.38 bits per heavy atom. The van der Waals surface area contributed by atoms with Crippen molar-refractivity contribution in [2.24, 2.45) is 5.92 Å². The fraction of sp³-hybridized carbons (Fsp3) is 0.688. The van der Waals surface area contributed by atoms with Crippen LogP contribution in [0.15, 0.2) is 11.4 Å². The number of carbonyl (C=O) groups is 1. The molecule has 0 aromatic carbocycles. The number of aryl methyl sites for hydroxylation is 1. The van der Waals surface area contributed by atoms with E-state index in [1.165, 1.54) is 23.3 Å². The predicted molar refractivity (Wildman–Crippen MR) is 90.5 cm³/mol. The van der Waals surface area contributed by atoms with E-state index < -0.39 is 0 Å². The van der Waals surface area contributed by atoms with Crippen LogP contribution in [0.3, 0.4) is 0 Å². The summed E-state index contributed by atoms with van der Waals surface area (Å²) in [6.45, 7) is 2.97. The molecule has 1 aliphatic carbocycles. The molecule has 0 radical (unpaired) electrons. The van der Waals surface area contributed by atoms with Gasteiger partial charge in [0.25, 0.3) is 0 Å². The molecule has 2 heterocycles. The van der Waals surface area contributed by atoms with Crippen LogP contribution in [0.2, 0.25) is 0 Å². The van der Waals surface area contributed by atoms with Crippen LogP contribution in [-0.4, -0.2) is 37.5 Å². The van der Waals surface area contributed by atoms with Crippen LogP contribution in [0.1, 0.15) is 42.0 Å². The van der Waals surface area contributed by atoms with Gasteiger partial charge in [0.15, 0.2) is 0 Å². The molecule has 21 heavy (non-hydrogen) atoms. The minimum atomic E-state index is 0. The molecule has 3 nitrogen and oxygen atoms in total. The van der Waals surface area contributed by atoms with Gasteiger partial charge in [-0.3, -0.25) is 4.79 Å². The first-order valence-electron chi connectivity index (χ1n) is 7.79. The number of piperidine rings is 1. The van der Waals surface area contributed by atoms with Crippen LogP contribution < -0.4 is 5.32 Å². The molecule has 1 aliphatic heterocycles. The lowest BCUT2D eigenvalue weighted by molar-refractivity contribution is -0.134. The summed E-state index contributed by atoms with van der Waals surface area (Å²) in [6.07, 6.45) is 5.67. The van der Waals surface area contributed by atoms with E-state index in [0.29, 0.717) is 5.91 Å². The molecule has 1 N–H and O–H groups in total. The molecule has 2 aliphatic rings. The molecule has 1 amide bonds. The van der Waals surface area contributed by atoms with E-state index >= 15 is 0 Å². The van der Waals surface area contributed by atoms with Crippen molar-refractivity contribution in [1.29, 1.82) is 0 Å². The Morgan fingerprint density at radius 2 is 2.14 bits per heavy atom. The highest BCUT2D eigenvalue weighted by Gasteiger charge is 2.32. The van der Waals surface area contributed by atoms with Gasteiger partial charge in [-0.25, -0.2) is 0 Å². The molecule has 0 saturated carbocycles. The lowest BCUT2D eigenvalue weighted by Crippen LogP contribution is -2.43. The van der Waals surface area contributed by atoms with E-state index in [0.717, 1.165) is 44.8 Å². The summed E-state index contributed by atoms with van der Waals surface area (Å²) in [6, 6.07) is 2.18. The highest BCUT2D eigenvalue weighted by atomic mass is 35.5. The van der Waals surface area contributed by atoms with Gasteiger partial charge in [0.2, 0.25) is 5.91 Å². The topological polar surface area (TPSA) is 32.3 Å². The van der Waals surface area contributed by atoms with Gasteiger partial charge in [-0.05, 0) is 68.6 Å². The van der Waals surface area contributed by atoms with Crippen LogP contribution in [-0.2, 0) is 11.2 Å². The number of nitrogens with one attached hydrogen (secondary N) is 1. The van der Waals surface area contributed by atoms with Crippen molar-refractivity contribution in [3.05, 3.63) is 21.9 Å². The molecule has 5 heteroatoms. The maximum atomic E-state index is 12.8. The van der Waals surface area contributed by atoms with Crippen molar-refractivity contribution in [2.45, 2.75) is 38.0 Å². The summed E-state index contributed by atoms with van der Waals surface area (Å²) in [7, 11) is 2.01. The van der Waals surface area contributed by atoms with Crippen molar-refractivity contribution in [1.82, 2.24) is 10.2 Å². The van der Waals surface area contributed by atoms with Gasteiger partial charge >= 0.3 is 0 Å². The lowest BCUT2D eigenvalue weighted by Gasteiger charge is -2.35. The normalized spacial score (nSPS) is 22.5. The van der Waals surface area contributed by atoms with Crippen molar-refractivity contribution in [3.63, 3.8) is 0 Å². The number of likely N-dealkylation sites (tertiary alicyclic amines) is 1. The zero-order valence-electron chi connectivity index (χ0n) is 12.6. The minimum absolute atomic E-state index is 0. The SMILES string of the molecule is CNCC1CCN(C(=O)C2CCCc3sccc32)CC1.Cl. The third kappa shape index (κ3) is 3.61. The molecular weight excluding hydrogens is 304 g/mol. The molecule has 1 aromatic heterocycles. The van der Waals surface area contributed by atoms with E-state index in [1.807, 2.05) is 18.4 Å². The van der Waals surface area contributed by atoms with E-state index in [-0.39, 0.29) is 18.3 Å². The van der Waals surface area contributed by atoms with Crippen molar-refractivity contribution in [3.8, 4) is 0 Å². The Morgan fingerprint density at radius 3 is 2.86 bits per heavy atom. The molecule has 1 aromatic rings. The summed E-state index contributed by atoms with van der Waals surface area (Å²) in [4.78, 5) is 16.4. The predicted octanol–water partition coefficient (Wildman–Crippen LogP) is 3.05. The number of halogens is 1. The fourth-order valence-electron chi connectivity index (χ4n) is 3.61. The Hall–Kier alpha value is -0.580. The number of thiophene rings is 1. The van der Waals surface area contributed by atoms with Gasteiger partial charge in [-0.15, -0.1) is 23.7 Å². The van der Waals surface area contributed by atoms with Crippen LogP contribution in [0.4, 0.5) is 0 Å². The van der Waals surface area contributed by atoms with E-state index in [1.54, 1.807) is 0 Å². The second-order valence-corrected chi connectivity index (χ2v) is 7.07. The standard InChI is InChI=1S/C16H24N2OS.ClH/c1-17-11-12-5-8-18(9-6-12)16(19)14-3-2-4-15-13(14)7-10-20-15;/h7,10,12,14,17H,2-6,8-9,11H2,1H3;1H.